The van der Waals surface area contributed by atoms with Crippen molar-refractivity contribution in [3.8, 4) is 0 Å². The molecular weight excluding hydrogens is 529 g/mol. The summed E-state index contributed by atoms with van der Waals surface area (Å²) in [6.45, 7) is 6.05. The molecule has 1 atom stereocenters. The van der Waals surface area contributed by atoms with Crippen LogP contribution in [0.15, 0.2) is 77.7 Å². The Morgan fingerprint density at radius 1 is 0.974 bits per heavy atom. The van der Waals surface area contributed by atoms with E-state index >= 15 is 0 Å². The van der Waals surface area contributed by atoms with Crippen molar-refractivity contribution in [1.82, 2.24) is 10.2 Å². The highest BCUT2D eigenvalue weighted by molar-refractivity contribution is 7.92. The summed E-state index contributed by atoms with van der Waals surface area (Å²) in [7, 11) is -4.21. The maximum atomic E-state index is 14.5. The number of sulfonamides is 1. The van der Waals surface area contributed by atoms with Crippen LogP contribution in [0.5, 0.6) is 0 Å². The molecule has 0 saturated carbocycles. The molecule has 3 rings (SSSR count). The molecule has 1 N–H and O–H groups in total. The number of carbonyl (C=O) groups excluding carboxylic acids is 2. The van der Waals surface area contributed by atoms with E-state index in [-0.39, 0.29) is 33.8 Å². The zero-order valence-electron chi connectivity index (χ0n) is 21.7. The molecule has 0 heterocycles. The highest BCUT2D eigenvalue weighted by Crippen LogP contribution is 2.27. The lowest BCUT2D eigenvalue weighted by Crippen LogP contribution is -2.52. The van der Waals surface area contributed by atoms with Gasteiger partial charge < -0.3 is 10.2 Å². The van der Waals surface area contributed by atoms with Gasteiger partial charge in [-0.2, -0.15) is 0 Å². The Hall–Kier alpha value is -3.43. The van der Waals surface area contributed by atoms with Crippen LogP contribution >= 0.6 is 11.6 Å². The topological polar surface area (TPSA) is 86.8 Å². The summed E-state index contributed by atoms with van der Waals surface area (Å²) in [6.07, 6.45) is 0. The minimum Gasteiger partial charge on any atom is -0.352 e. The van der Waals surface area contributed by atoms with Crippen LogP contribution in [0.1, 0.15) is 31.9 Å². The average molecular weight is 560 g/mol. The SMILES string of the molecule is Cc1ccc(S(=O)(=O)N(CC(=O)N(Cc2ccccc2F)[C@H](C)C(=O)NC(C)C)c2cccc(Cl)c2)cc1. The first-order valence-electron chi connectivity index (χ1n) is 12.1. The van der Waals surface area contributed by atoms with Crippen molar-refractivity contribution in [3.63, 3.8) is 0 Å². The lowest BCUT2D eigenvalue weighted by atomic mass is 10.1. The second-order valence-electron chi connectivity index (χ2n) is 9.26. The Balaban J connectivity index is 2.04. The maximum absolute atomic E-state index is 14.5. The number of amides is 2. The van der Waals surface area contributed by atoms with Gasteiger partial charge in [0, 0.05) is 23.2 Å². The van der Waals surface area contributed by atoms with Crippen LogP contribution in [-0.2, 0) is 26.2 Å². The first-order valence-corrected chi connectivity index (χ1v) is 13.9. The Kier molecular flexibility index (Phi) is 9.51. The van der Waals surface area contributed by atoms with Crippen molar-refractivity contribution in [2.24, 2.45) is 0 Å². The second kappa shape index (κ2) is 12.4. The summed E-state index contributed by atoms with van der Waals surface area (Å²) >= 11 is 6.16. The quantitative estimate of drug-likeness (QED) is 0.382. The van der Waals surface area contributed by atoms with Crippen LogP contribution in [0.2, 0.25) is 5.02 Å². The molecule has 3 aromatic rings. The van der Waals surface area contributed by atoms with Crippen LogP contribution in [0.25, 0.3) is 0 Å². The number of benzene rings is 3. The molecule has 10 heteroatoms. The summed E-state index contributed by atoms with van der Waals surface area (Å²) in [5.74, 6) is -1.67. The van der Waals surface area contributed by atoms with Gasteiger partial charge in [-0.25, -0.2) is 12.8 Å². The molecule has 202 valence electrons. The van der Waals surface area contributed by atoms with Crippen molar-refractivity contribution < 1.29 is 22.4 Å². The summed E-state index contributed by atoms with van der Waals surface area (Å²) < 4.78 is 43.0. The maximum Gasteiger partial charge on any atom is 0.264 e. The van der Waals surface area contributed by atoms with Gasteiger partial charge in [0.1, 0.15) is 18.4 Å². The van der Waals surface area contributed by atoms with Crippen LogP contribution in [0.4, 0.5) is 10.1 Å². The monoisotopic (exact) mass is 559 g/mol. The molecule has 0 aliphatic heterocycles. The van der Waals surface area contributed by atoms with E-state index in [0.717, 1.165) is 9.87 Å². The van der Waals surface area contributed by atoms with Gasteiger partial charge in [-0.05, 0) is 64.1 Å². The first-order chi connectivity index (χ1) is 17.9. The van der Waals surface area contributed by atoms with E-state index in [1.54, 1.807) is 44.2 Å². The molecule has 0 saturated heterocycles. The van der Waals surface area contributed by atoms with E-state index in [9.17, 15) is 22.4 Å². The van der Waals surface area contributed by atoms with Crippen LogP contribution in [-0.4, -0.2) is 43.8 Å². The summed E-state index contributed by atoms with van der Waals surface area (Å²) in [5.41, 5.74) is 1.24. The highest BCUT2D eigenvalue weighted by Gasteiger charge is 2.33. The molecule has 0 fully saturated rings. The largest absolute Gasteiger partial charge is 0.352 e. The number of halogens is 2. The average Bonchev–Trinajstić information content (AvgIpc) is 2.86. The summed E-state index contributed by atoms with van der Waals surface area (Å²) in [4.78, 5) is 27.8. The lowest BCUT2D eigenvalue weighted by Gasteiger charge is -2.32. The third-order valence-corrected chi connectivity index (χ3v) is 7.90. The van der Waals surface area contributed by atoms with Gasteiger partial charge in [0.25, 0.3) is 10.0 Å². The molecule has 2 amide bonds. The highest BCUT2D eigenvalue weighted by atomic mass is 35.5. The Morgan fingerprint density at radius 2 is 1.63 bits per heavy atom. The second-order valence-corrected chi connectivity index (χ2v) is 11.6. The lowest BCUT2D eigenvalue weighted by molar-refractivity contribution is -0.139. The van der Waals surface area contributed by atoms with Crippen molar-refractivity contribution in [3.05, 3.63) is 94.8 Å². The predicted molar refractivity (Wildman–Crippen MR) is 147 cm³/mol. The van der Waals surface area contributed by atoms with E-state index in [1.165, 1.54) is 54.3 Å². The van der Waals surface area contributed by atoms with Crippen LogP contribution < -0.4 is 9.62 Å². The molecule has 38 heavy (non-hydrogen) atoms. The van der Waals surface area contributed by atoms with Gasteiger partial charge >= 0.3 is 0 Å². The fourth-order valence-electron chi connectivity index (χ4n) is 3.80. The van der Waals surface area contributed by atoms with E-state index < -0.39 is 40.2 Å². The zero-order valence-corrected chi connectivity index (χ0v) is 23.3. The van der Waals surface area contributed by atoms with Gasteiger partial charge in [0.2, 0.25) is 11.8 Å². The van der Waals surface area contributed by atoms with Gasteiger partial charge in [0.05, 0.1) is 10.6 Å². The standard InChI is InChI=1S/C28H31ClFN3O4S/c1-19(2)31-28(35)21(4)32(17-22-8-5-6-11-26(22)30)27(34)18-33(24-10-7-9-23(29)16-24)38(36,37)25-14-12-20(3)13-15-25/h5-16,19,21H,17-18H2,1-4H3,(H,31,35)/t21-/m1/s1. The first kappa shape index (κ1) is 29.1. The van der Waals surface area contributed by atoms with E-state index in [2.05, 4.69) is 5.32 Å². The number of anilines is 1. The summed E-state index contributed by atoms with van der Waals surface area (Å²) in [6, 6.07) is 17.1. The Morgan fingerprint density at radius 3 is 2.24 bits per heavy atom. The molecule has 0 aliphatic carbocycles. The molecule has 0 radical (unpaired) electrons. The third kappa shape index (κ3) is 7.11. The molecule has 0 unspecified atom stereocenters. The van der Waals surface area contributed by atoms with E-state index in [1.807, 2.05) is 6.92 Å². The molecule has 0 aliphatic rings. The third-order valence-electron chi connectivity index (χ3n) is 5.88. The van der Waals surface area contributed by atoms with Gasteiger partial charge in [-0.15, -0.1) is 0 Å². The summed E-state index contributed by atoms with van der Waals surface area (Å²) in [5, 5.41) is 3.04. The van der Waals surface area contributed by atoms with Crippen molar-refractivity contribution in [2.45, 2.75) is 51.2 Å². The molecule has 3 aromatic carbocycles. The minimum atomic E-state index is -4.21. The van der Waals surface area contributed by atoms with Crippen molar-refractivity contribution >= 4 is 39.1 Å². The number of rotatable bonds is 10. The normalized spacial score (nSPS) is 12.2. The fraction of sp³-hybridized carbons (Fsp3) is 0.286. The Bertz CT molecular complexity index is 1400. The van der Waals surface area contributed by atoms with Crippen molar-refractivity contribution in [2.75, 3.05) is 10.8 Å². The van der Waals surface area contributed by atoms with Gasteiger partial charge in [-0.3, -0.25) is 13.9 Å². The van der Waals surface area contributed by atoms with Crippen molar-refractivity contribution in [1.29, 1.82) is 0 Å². The molecule has 0 bridgehead atoms. The van der Waals surface area contributed by atoms with Gasteiger partial charge in [-0.1, -0.05) is 53.6 Å². The Labute approximate surface area is 228 Å². The van der Waals surface area contributed by atoms with E-state index in [4.69, 9.17) is 11.6 Å². The molecule has 7 nitrogen and oxygen atoms in total. The number of hydrogen-bond donors (Lipinski definition) is 1. The molecular formula is C28H31ClFN3O4S. The number of aryl methyl sites for hydroxylation is 1. The predicted octanol–water partition coefficient (Wildman–Crippen LogP) is 4.92. The number of hydrogen-bond acceptors (Lipinski definition) is 4. The number of nitrogens with one attached hydrogen (secondary N) is 1. The fourth-order valence-corrected chi connectivity index (χ4v) is 5.39. The number of nitrogens with zero attached hydrogens (tertiary/aromatic N) is 2. The molecule has 0 aromatic heterocycles. The van der Waals surface area contributed by atoms with E-state index in [0.29, 0.717) is 0 Å². The number of carbonyl (C=O) groups is 2. The smallest absolute Gasteiger partial charge is 0.264 e. The zero-order chi connectivity index (χ0) is 28.0. The van der Waals surface area contributed by atoms with Gasteiger partial charge in [0.15, 0.2) is 0 Å². The molecule has 0 spiro atoms. The van der Waals surface area contributed by atoms with Crippen LogP contribution in [0, 0.1) is 12.7 Å². The minimum absolute atomic E-state index is 0.0119. The van der Waals surface area contributed by atoms with Crippen LogP contribution in [0.3, 0.4) is 0 Å².